The summed E-state index contributed by atoms with van der Waals surface area (Å²) in [4.78, 5) is 24.0. The molecule has 5 heteroatoms. The molecular weight excluding hydrogens is 282 g/mol. The monoisotopic (exact) mass is 307 g/mol. The molecule has 0 heterocycles. The number of rotatable bonds is 8. The van der Waals surface area contributed by atoms with E-state index in [1.54, 1.807) is 13.0 Å². The van der Waals surface area contributed by atoms with Gasteiger partial charge in [-0.1, -0.05) is 26.7 Å². The van der Waals surface area contributed by atoms with Crippen molar-refractivity contribution in [2.75, 3.05) is 11.9 Å². The number of carbonyl (C=O) groups is 2. The summed E-state index contributed by atoms with van der Waals surface area (Å²) in [5.41, 5.74) is 0.544. The van der Waals surface area contributed by atoms with E-state index in [1.165, 1.54) is 12.1 Å². The van der Waals surface area contributed by atoms with Crippen LogP contribution < -0.4 is 5.32 Å². The Hall–Kier alpha value is -2.04. The lowest BCUT2D eigenvalue weighted by atomic mass is 9.98. The van der Waals surface area contributed by atoms with Crippen LogP contribution >= 0.6 is 0 Å². The first-order chi connectivity index (χ1) is 10.5. The van der Waals surface area contributed by atoms with Crippen LogP contribution in [0.1, 0.15) is 56.8 Å². The molecular formula is C17H25NO4. The van der Waals surface area contributed by atoms with Crippen LogP contribution in [0.4, 0.5) is 5.69 Å². The van der Waals surface area contributed by atoms with E-state index in [9.17, 15) is 14.7 Å². The summed E-state index contributed by atoms with van der Waals surface area (Å²) in [7, 11) is 0. The lowest BCUT2D eigenvalue weighted by molar-refractivity contribution is -0.120. The van der Waals surface area contributed by atoms with Crippen molar-refractivity contribution >= 4 is 17.6 Å². The van der Waals surface area contributed by atoms with Crippen LogP contribution in [0, 0.1) is 5.92 Å². The molecule has 1 amide bonds. The number of anilines is 1. The molecule has 0 aliphatic carbocycles. The first kappa shape index (κ1) is 18.0. The van der Waals surface area contributed by atoms with Crippen LogP contribution in [-0.2, 0) is 9.53 Å². The molecule has 2 N–H and O–H groups in total. The number of esters is 1. The smallest absolute Gasteiger partial charge is 0.341 e. The van der Waals surface area contributed by atoms with Gasteiger partial charge >= 0.3 is 5.97 Å². The molecule has 1 aromatic rings. The molecule has 0 radical (unpaired) electrons. The minimum absolute atomic E-state index is 0.0419. The first-order valence-electron chi connectivity index (χ1n) is 7.84. The Morgan fingerprint density at radius 3 is 2.59 bits per heavy atom. The second-order valence-corrected chi connectivity index (χ2v) is 5.19. The van der Waals surface area contributed by atoms with E-state index in [0.717, 1.165) is 25.7 Å². The van der Waals surface area contributed by atoms with E-state index < -0.39 is 5.97 Å². The van der Waals surface area contributed by atoms with Crippen LogP contribution in [0.3, 0.4) is 0 Å². The number of nitrogens with one attached hydrogen (secondary N) is 1. The zero-order chi connectivity index (χ0) is 16.5. The molecule has 0 saturated carbocycles. The fourth-order valence-electron chi connectivity index (χ4n) is 2.20. The fraction of sp³-hybridized carbons (Fsp3) is 0.529. The zero-order valence-electron chi connectivity index (χ0n) is 13.5. The van der Waals surface area contributed by atoms with Crippen LogP contribution in [-0.4, -0.2) is 23.6 Å². The summed E-state index contributed by atoms with van der Waals surface area (Å²) in [6, 6.07) is 4.40. The highest BCUT2D eigenvalue weighted by molar-refractivity contribution is 5.97. The average Bonchev–Trinajstić information content (AvgIpc) is 2.50. The Bertz CT molecular complexity index is 513. The van der Waals surface area contributed by atoms with Crippen molar-refractivity contribution in [2.24, 2.45) is 5.92 Å². The largest absolute Gasteiger partial charge is 0.507 e. The zero-order valence-corrected chi connectivity index (χ0v) is 13.5. The minimum atomic E-state index is -0.603. The highest BCUT2D eigenvalue weighted by atomic mass is 16.5. The summed E-state index contributed by atoms with van der Waals surface area (Å²) in [5, 5.41) is 12.5. The molecule has 1 atom stereocenters. The van der Waals surface area contributed by atoms with Crippen LogP contribution in [0.2, 0.25) is 0 Å². The summed E-state index contributed by atoms with van der Waals surface area (Å²) < 4.78 is 4.88. The van der Waals surface area contributed by atoms with E-state index in [4.69, 9.17) is 4.74 Å². The Morgan fingerprint density at radius 1 is 1.27 bits per heavy atom. The van der Waals surface area contributed by atoms with E-state index in [-0.39, 0.29) is 29.7 Å². The molecule has 22 heavy (non-hydrogen) atoms. The third-order valence-corrected chi connectivity index (χ3v) is 3.53. The molecule has 1 aromatic carbocycles. The number of amides is 1. The van der Waals surface area contributed by atoms with Crippen LogP contribution in [0.15, 0.2) is 18.2 Å². The predicted octanol–water partition coefficient (Wildman–Crippen LogP) is 3.72. The van der Waals surface area contributed by atoms with Gasteiger partial charge in [-0.3, -0.25) is 4.79 Å². The molecule has 0 bridgehead atoms. The lowest BCUT2D eigenvalue weighted by Crippen LogP contribution is -2.22. The topological polar surface area (TPSA) is 75.6 Å². The number of hydrogen-bond acceptors (Lipinski definition) is 4. The van der Waals surface area contributed by atoms with Crippen molar-refractivity contribution < 1.29 is 19.4 Å². The van der Waals surface area contributed by atoms with Crippen LogP contribution in [0.5, 0.6) is 5.75 Å². The quantitative estimate of drug-likeness (QED) is 0.567. The van der Waals surface area contributed by atoms with Gasteiger partial charge in [0.1, 0.15) is 11.3 Å². The van der Waals surface area contributed by atoms with Crippen molar-refractivity contribution in [2.45, 2.75) is 46.5 Å². The Labute approximate surface area is 131 Å². The number of carbonyl (C=O) groups excluding carboxylic acids is 2. The standard InChI is InChI=1S/C17H25NO4/c1-4-7-8-12(5-2)16(20)18-13-9-10-15(19)14(11-13)17(21)22-6-3/h9-12,19H,4-8H2,1-3H3,(H,18,20)/t12-/m0/s1. The molecule has 0 saturated heterocycles. The second kappa shape index (κ2) is 9.07. The number of hydrogen-bond donors (Lipinski definition) is 2. The van der Waals surface area contributed by atoms with E-state index >= 15 is 0 Å². The SMILES string of the molecule is CCCC[C@H](CC)C(=O)Nc1ccc(O)c(C(=O)OCC)c1. The molecule has 5 nitrogen and oxygen atoms in total. The number of benzene rings is 1. The van der Waals surface area contributed by atoms with Gasteiger partial charge in [0, 0.05) is 11.6 Å². The van der Waals surface area contributed by atoms with E-state index in [2.05, 4.69) is 12.2 Å². The maximum atomic E-state index is 12.3. The number of phenols is 1. The third kappa shape index (κ3) is 5.06. The highest BCUT2D eigenvalue weighted by Gasteiger charge is 2.18. The van der Waals surface area contributed by atoms with Gasteiger partial charge in [0.05, 0.1) is 6.61 Å². The number of ether oxygens (including phenoxy) is 1. The summed E-state index contributed by atoms with van der Waals surface area (Å²) in [5.74, 6) is -0.861. The van der Waals surface area contributed by atoms with Crippen molar-refractivity contribution in [3.8, 4) is 5.75 Å². The number of unbranched alkanes of at least 4 members (excludes halogenated alkanes) is 1. The molecule has 122 valence electrons. The van der Waals surface area contributed by atoms with Gasteiger partial charge in [-0.05, 0) is 38.0 Å². The molecule has 0 aliphatic rings. The molecule has 0 aromatic heterocycles. The average molecular weight is 307 g/mol. The van der Waals surface area contributed by atoms with Gasteiger partial charge in [-0.15, -0.1) is 0 Å². The van der Waals surface area contributed by atoms with Crippen molar-refractivity contribution in [1.29, 1.82) is 0 Å². The summed E-state index contributed by atoms with van der Waals surface area (Å²) >= 11 is 0. The van der Waals surface area contributed by atoms with Gasteiger partial charge in [0.25, 0.3) is 0 Å². The van der Waals surface area contributed by atoms with Crippen molar-refractivity contribution in [3.63, 3.8) is 0 Å². The van der Waals surface area contributed by atoms with E-state index in [0.29, 0.717) is 5.69 Å². The van der Waals surface area contributed by atoms with Crippen LogP contribution in [0.25, 0.3) is 0 Å². The van der Waals surface area contributed by atoms with Crippen molar-refractivity contribution in [3.05, 3.63) is 23.8 Å². The fourth-order valence-corrected chi connectivity index (χ4v) is 2.20. The normalized spacial score (nSPS) is 11.8. The maximum Gasteiger partial charge on any atom is 0.341 e. The van der Waals surface area contributed by atoms with E-state index in [1.807, 2.05) is 6.92 Å². The van der Waals surface area contributed by atoms with Gasteiger partial charge in [0.2, 0.25) is 5.91 Å². The second-order valence-electron chi connectivity index (χ2n) is 5.19. The number of aromatic hydroxyl groups is 1. The predicted molar refractivity (Wildman–Crippen MR) is 86.0 cm³/mol. The molecule has 0 spiro atoms. The molecule has 0 unspecified atom stereocenters. The van der Waals surface area contributed by atoms with Gasteiger partial charge in [-0.2, -0.15) is 0 Å². The molecule has 0 fully saturated rings. The number of phenolic OH excluding ortho intramolecular Hbond substituents is 1. The Kier molecular flexibility index (Phi) is 7.43. The molecule has 0 aliphatic heterocycles. The summed E-state index contributed by atoms with van der Waals surface area (Å²) in [6.07, 6.45) is 3.68. The molecule has 1 rings (SSSR count). The first-order valence-corrected chi connectivity index (χ1v) is 7.84. The van der Waals surface area contributed by atoms with Gasteiger partial charge in [0.15, 0.2) is 0 Å². The third-order valence-electron chi connectivity index (χ3n) is 3.53. The lowest BCUT2D eigenvalue weighted by Gasteiger charge is -2.15. The maximum absolute atomic E-state index is 12.3. The summed E-state index contributed by atoms with van der Waals surface area (Å²) in [6.45, 7) is 6.00. The van der Waals surface area contributed by atoms with Gasteiger partial charge in [-0.25, -0.2) is 4.79 Å². The Morgan fingerprint density at radius 2 is 2.00 bits per heavy atom. The highest BCUT2D eigenvalue weighted by Crippen LogP contribution is 2.23. The van der Waals surface area contributed by atoms with Crippen molar-refractivity contribution in [1.82, 2.24) is 0 Å². The van der Waals surface area contributed by atoms with Gasteiger partial charge < -0.3 is 15.2 Å². The minimum Gasteiger partial charge on any atom is -0.507 e. The Balaban J connectivity index is 2.82.